The van der Waals surface area contributed by atoms with Gasteiger partial charge in [-0.15, -0.1) is 21.5 Å². The second-order valence-corrected chi connectivity index (χ2v) is 10.7. The molecule has 0 spiro atoms. The van der Waals surface area contributed by atoms with E-state index in [0.29, 0.717) is 11.4 Å². The summed E-state index contributed by atoms with van der Waals surface area (Å²) in [6, 6.07) is 12.3. The molecule has 36 heavy (non-hydrogen) atoms. The minimum Gasteiger partial charge on any atom is -0.458 e. The summed E-state index contributed by atoms with van der Waals surface area (Å²) in [5.41, 5.74) is 2.03. The van der Waals surface area contributed by atoms with E-state index in [1.807, 2.05) is 83.3 Å². The standard InChI is InChI=1S/C26H30N6O3S/c1-16-9-10-17(2)19(14-16)32(23(21-8-7-13-36-21)25(34)27-26(4,5)6)22(33)15-31-29-24(28-30-31)20-12-11-18(3)35-20/h7-14,23H,15H2,1-6H3,(H,27,34). The van der Waals surface area contributed by atoms with Crippen LogP contribution in [0.5, 0.6) is 0 Å². The van der Waals surface area contributed by atoms with Crippen molar-refractivity contribution in [3.63, 3.8) is 0 Å². The molecule has 0 aliphatic rings. The molecule has 0 saturated heterocycles. The molecule has 0 bridgehead atoms. The maximum absolute atomic E-state index is 13.9. The number of hydrogen-bond donors (Lipinski definition) is 1. The Kier molecular flexibility index (Phi) is 7.07. The van der Waals surface area contributed by atoms with Gasteiger partial charge in [0.15, 0.2) is 5.76 Å². The number of tetrazole rings is 1. The molecule has 188 valence electrons. The number of amides is 2. The number of benzene rings is 1. The van der Waals surface area contributed by atoms with Crippen LogP contribution in [0.4, 0.5) is 5.69 Å². The number of nitrogens with zero attached hydrogens (tertiary/aromatic N) is 5. The Morgan fingerprint density at radius 3 is 2.56 bits per heavy atom. The molecule has 0 fully saturated rings. The van der Waals surface area contributed by atoms with Gasteiger partial charge in [-0.25, -0.2) is 0 Å². The van der Waals surface area contributed by atoms with Crippen molar-refractivity contribution in [3.05, 3.63) is 69.6 Å². The highest BCUT2D eigenvalue weighted by molar-refractivity contribution is 7.10. The number of furan rings is 1. The molecule has 10 heteroatoms. The minimum absolute atomic E-state index is 0.204. The van der Waals surface area contributed by atoms with Gasteiger partial charge >= 0.3 is 0 Å². The van der Waals surface area contributed by atoms with Crippen LogP contribution in [-0.4, -0.2) is 37.6 Å². The van der Waals surface area contributed by atoms with Gasteiger partial charge in [0.25, 0.3) is 5.91 Å². The molecular formula is C26H30N6O3S. The SMILES string of the molecule is Cc1ccc(C)c(N(C(=O)Cn2nnc(-c3ccc(C)o3)n2)C(C(=O)NC(C)(C)C)c2cccs2)c1. The third kappa shape index (κ3) is 5.71. The predicted molar refractivity (Wildman–Crippen MR) is 139 cm³/mol. The molecule has 2 amide bonds. The van der Waals surface area contributed by atoms with E-state index in [0.717, 1.165) is 21.8 Å². The summed E-state index contributed by atoms with van der Waals surface area (Å²) in [6.07, 6.45) is 0. The van der Waals surface area contributed by atoms with Gasteiger partial charge in [-0.3, -0.25) is 14.5 Å². The lowest BCUT2D eigenvalue weighted by Crippen LogP contribution is -2.50. The Balaban J connectivity index is 1.75. The molecular weight excluding hydrogens is 476 g/mol. The van der Waals surface area contributed by atoms with Crippen LogP contribution in [0.1, 0.15) is 48.6 Å². The predicted octanol–water partition coefficient (Wildman–Crippen LogP) is 4.61. The quantitative estimate of drug-likeness (QED) is 0.392. The number of aromatic nitrogens is 4. The van der Waals surface area contributed by atoms with Gasteiger partial charge in [0, 0.05) is 16.1 Å². The number of anilines is 1. The van der Waals surface area contributed by atoms with E-state index in [4.69, 9.17) is 4.42 Å². The van der Waals surface area contributed by atoms with Crippen LogP contribution in [0, 0.1) is 20.8 Å². The number of hydrogen-bond acceptors (Lipinski definition) is 7. The van der Waals surface area contributed by atoms with Gasteiger partial charge in [-0.2, -0.15) is 4.80 Å². The molecule has 9 nitrogen and oxygen atoms in total. The fourth-order valence-electron chi connectivity index (χ4n) is 3.82. The number of carbonyl (C=O) groups is 2. The highest BCUT2D eigenvalue weighted by Gasteiger charge is 2.36. The normalized spacial score (nSPS) is 12.4. The van der Waals surface area contributed by atoms with Crippen molar-refractivity contribution >= 4 is 28.8 Å². The van der Waals surface area contributed by atoms with Crippen molar-refractivity contribution in [2.75, 3.05) is 4.90 Å². The monoisotopic (exact) mass is 506 g/mol. The first-order valence-electron chi connectivity index (χ1n) is 11.6. The van der Waals surface area contributed by atoms with Crippen LogP contribution >= 0.6 is 11.3 Å². The summed E-state index contributed by atoms with van der Waals surface area (Å²) in [5.74, 6) is 0.874. The molecule has 3 heterocycles. The van der Waals surface area contributed by atoms with E-state index in [1.54, 1.807) is 11.0 Å². The fourth-order valence-corrected chi connectivity index (χ4v) is 4.63. The Bertz CT molecular complexity index is 1370. The van der Waals surface area contributed by atoms with Crippen LogP contribution in [0.15, 0.2) is 52.3 Å². The molecule has 4 aromatic rings. The van der Waals surface area contributed by atoms with Gasteiger partial charge in [-0.05, 0) is 87.5 Å². The largest absolute Gasteiger partial charge is 0.458 e. The van der Waals surface area contributed by atoms with E-state index < -0.39 is 11.6 Å². The van der Waals surface area contributed by atoms with Crippen LogP contribution < -0.4 is 10.2 Å². The molecule has 1 aromatic carbocycles. The van der Waals surface area contributed by atoms with Gasteiger partial charge in [0.05, 0.1) is 0 Å². The molecule has 0 saturated carbocycles. The average molecular weight is 507 g/mol. The molecule has 0 aliphatic carbocycles. The second kappa shape index (κ2) is 10.1. The van der Waals surface area contributed by atoms with Gasteiger partial charge < -0.3 is 9.73 Å². The zero-order chi connectivity index (χ0) is 26.0. The minimum atomic E-state index is -0.868. The Morgan fingerprint density at radius 2 is 1.92 bits per heavy atom. The third-order valence-corrected chi connectivity index (χ3v) is 6.33. The summed E-state index contributed by atoms with van der Waals surface area (Å²) < 4.78 is 5.57. The number of rotatable bonds is 7. The molecule has 0 radical (unpaired) electrons. The van der Waals surface area contributed by atoms with Crippen LogP contribution in [0.3, 0.4) is 0 Å². The molecule has 1 unspecified atom stereocenters. The van der Waals surface area contributed by atoms with E-state index >= 15 is 0 Å². The van der Waals surface area contributed by atoms with E-state index in [9.17, 15) is 9.59 Å². The number of nitrogens with one attached hydrogen (secondary N) is 1. The maximum atomic E-state index is 13.9. The fraction of sp³-hybridized carbons (Fsp3) is 0.346. The lowest BCUT2D eigenvalue weighted by molar-refractivity contribution is -0.128. The first kappa shape index (κ1) is 25.3. The lowest BCUT2D eigenvalue weighted by atomic mass is 10.0. The summed E-state index contributed by atoms with van der Waals surface area (Å²) in [7, 11) is 0. The highest BCUT2D eigenvalue weighted by Crippen LogP contribution is 2.34. The first-order chi connectivity index (χ1) is 17.0. The summed E-state index contributed by atoms with van der Waals surface area (Å²) in [5, 5.41) is 17.4. The lowest BCUT2D eigenvalue weighted by Gasteiger charge is -2.34. The van der Waals surface area contributed by atoms with Crippen LogP contribution in [0.25, 0.3) is 11.6 Å². The Labute approximate surface area is 214 Å². The number of aryl methyl sites for hydroxylation is 3. The second-order valence-electron chi connectivity index (χ2n) is 9.76. The van der Waals surface area contributed by atoms with Crippen molar-refractivity contribution in [3.8, 4) is 11.6 Å². The summed E-state index contributed by atoms with van der Waals surface area (Å²) in [4.78, 5) is 31.1. The molecule has 1 N–H and O–H groups in total. The topological polar surface area (TPSA) is 106 Å². The van der Waals surface area contributed by atoms with Crippen molar-refractivity contribution in [1.29, 1.82) is 0 Å². The van der Waals surface area contributed by atoms with Gasteiger partial charge in [0.1, 0.15) is 18.3 Å². The van der Waals surface area contributed by atoms with Crippen molar-refractivity contribution < 1.29 is 14.0 Å². The molecule has 3 aromatic heterocycles. The third-order valence-electron chi connectivity index (χ3n) is 5.40. The molecule has 4 rings (SSSR count). The Morgan fingerprint density at radius 1 is 1.14 bits per heavy atom. The van der Waals surface area contributed by atoms with Crippen LogP contribution in [0.2, 0.25) is 0 Å². The first-order valence-corrected chi connectivity index (χ1v) is 12.5. The van der Waals surface area contributed by atoms with E-state index in [1.165, 1.54) is 16.1 Å². The van der Waals surface area contributed by atoms with Crippen molar-refractivity contribution in [1.82, 2.24) is 25.5 Å². The van der Waals surface area contributed by atoms with Crippen molar-refractivity contribution in [2.24, 2.45) is 0 Å². The zero-order valence-corrected chi connectivity index (χ0v) is 22.1. The highest BCUT2D eigenvalue weighted by atomic mass is 32.1. The van der Waals surface area contributed by atoms with E-state index in [-0.39, 0.29) is 24.2 Å². The van der Waals surface area contributed by atoms with E-state index in [2.05, 4.69) is 20.7 Å². The zero-order valence-electron chi connectivity index (χ0n) is 21.3. The number of carbonyl (C=O) groups excluding carboxylic acids is 2. The number of thiophene rings is 1. The molecule has 0 aliphatic heterocycles. The maximum Gasteiger partial charge on any atom is 0.251 e. The summed E-state index contributed by atoms with van der Waals surface area (Å²) in [6.45, 7) is 11.2. The van der Waals surface area contributed by atoms with Gasteiger partial charge in [0.2, 0.25) is 11.7 Å². The smallest absolute Gasteiger partial charge is 0.251 e. The molecule has 1 atom stereocenters. The average Bonchev–Trinajstić information content (AvgIpc) is 3.54. The van der Waals surface area contributed by atoms with Gasteiger partial charge in [-0.1, -0.05) is 18.2 Å². The van der Waals surface area contributed by atoms with Crippen molar-refractivity contribution in [2.45, 2.75) is 59.7 Å². The Hall–Kier alpha value is -3.79. The van der Waals surface area contributed by atoms with Crippen LogP contribution in [-0.2, 0) is 16.1 Å². The summed E-state index contributed by atoms with van der Waals surface area (Å²) >= 11 is 1.43.